The molecule has 0 saturated carbocycles. The molecule has 1 aliphatic heterocycles. The molecule has 17 heavy (non-hydrogen) atoms. The summed E-state index contributed by atoms with van der Waals surface area (Å²) < 4.78 is 0. The zero-order valence-electron chi connectivity index (χ0n) is 9.30. The molecule has 86 valence electrons. The fourth-order valence-corrected chi connectivity index (χ4v) is 3.08. The Morgan fingerprint density at radius 3 is 3.24 bits per heavy atom. The van der Waals surface area contributed by atoms with Crippen LogP contribution in [0.1, 0.15) is 20.8 Å². The lowest BCUT2D eigenvalue weighted by Gasteiger charge is -2.28. The zero-order valence-corrected chi connectivity index (χ0v) is 10.1. The highest BCUT2D eigenvalue weighted by Gasteiger charge is 2.19. The Morgan fingerprint density at radius 2 is 2.35 bits per heavy atom. The molecule has 0 aromatic carbocycles. The van der Waals surface area contributed by atoms with E-state index in [2.05, 4.69) is 21.3 Å². The predicted octanol–water partition coefficient (Wildman–Crippen LogP) is 2.52. The maximum Gasteiger partial charge on any atom is 0.153 e. The van der Waals surface area contributed by atoms with Crippen molar-refractivity contribution in [3.8, 4) is 0 Å². The lowest BCUT2D eigenvalue weighted by Crippen LogP contribution is -2.30. The van der Waals surface area contributed by atoms with E-state index in [1.807, 2.05) is 17.4 Å². The van der Waals surface area contributed by atoms with Gasteiger partial charge in [0.05, 0.1) is 5.56 Å². The topological polar surface area (TPSA) is 33.2 Å². The minimum absolute atomic E-state index is 0.672. The molecule has 4 heteroatoms. The van der Waals surface area contributed by atoms with Crippen molar-refractivity contribution < 1.29 is 4.79 Å². The Balaban J connectivity index is 1.94. The van der Waals surface area contributed by atoms with Crippen molar-refractivity contribution in [3.63, 3.8) is 0 Å². The van der Waals surface area contributed by atoms with E-state index < -0.39 is 0 Å². The molecule has 2 aromatic rings. The summed E-state index contributed by atoms with van der Waals surface area (Å²) in [5, 5.41) is 2.13. The maximum atomic E-state index is 11.0. The molecular weight excluding hydrogens is 232 g/mol. The molecule has 2 aromatic heterocycles. The second-order valence-corrected chi connectivity index (χ2v) is 5.08. The molecule has 3 rings (SSSR count). The standard InChI is InChI=1S/C13H12N2OS/c16-9-11-2-1-5-14-13(11)15-6-3-12-10(8-15)4-7-17-12/h1-2,4-5,7,9H,3,6,8H2. The molecule has 0 amide bonds. The summed E-state index contributed by atoms with van der Waals surface area (Å²) in [5.41, 5.74) is 2.04. The Morgan fingerprint density at radius 1 is 1.41 bits per heavy atom. The first-order valence-corrected chi connectivity index (χ1v) is 6.47. The highest BCUT2D eigenvalue weighted by molar-refractivity contribution is 7.10. The van der Waals surface area contributed by atoms with Gasteiger partial charge in [-0.25, -0.2) is 4.98 Å². The number of anilines is 1. The van der Waals surface area contributed by atoms with Crippen LogP contribution in [0.25, 0.3) is 0 Å². The van der Waals surface area contributed by atoms with Gasteiger partial charge in [0.1, 0.15) is 5.82 Å². The molecular formula is C13H12N2OS. The van der Waals surface area contributed by atoms with Gasteiger partial charge in [-0.05, 0) is 35.6 Å². The van der Waals surface area contributed by atoms with Gasteiger partial charge in [-0.15, -0.1) is 11.3 Å². The van der Waals surface area contributed by atoms with Crippen LogP contribution in [0.3, 0.4) is 0 Å². The van der Waals surface area contributed by atoms with Crippen LogP contribution in [-0.2, 0) is 13.0 Å². The summed E-state index contributed by atoms with van der Waals surface area (Å²) in [6, 6.07) is 5.78. The van der Waals surface area contributed by atoms with Crippen molar-refractivity contribution in [2.24, 2.45) is 0 Å². The van der Waals surface area contributed by atoms with Crippen molar-refractivity contribution in [1.82, 2.24) is 4.98 Å². The number of rotatable bonds is 2. The predicted molar refractivity (Wildman–Crippen MR) is 68.7 cm³/mol. The van der Waals surface area contributed by atoms with E-state index in [0.717, 1.165) is 31.6 Å². The number of aldehydes is 1. The zero-order chi connectivity index (χ0) is 11.7. The van der Waals surface area contributed by atoms with Crippen LogP contribution in [0.2, 0.25) is 0 Å². The number of carbonyl (C=O) groups excluding carboxylic acids is 1. The molecule has 0 radical (unpaired) electrons. The van der Waals surface area contributed by atoms with Crippen LogP contribution in [0, 0.1) is 0 Å². The van der Waals surface area contributed by atoms with E-state index in [0.29, 0.717) is 5.56 Å². The summed E-state index contributed by atoms with van der Waals surface area (Å²) in [4.78, 5) is 19.0. The number of hydrogen-bond acceptors (Lipinski definition) is 4. The average Bonchev–Trinajstić information content (AvgIpc) is 2.85. The fourth-order valence-electron chi connectivity index (χ4n) is 2.19. The first-order valence-electron chi connectivity index (χ1n) is 5.59. The number of thiophene rings is 1. The summed E-state index contributed by atoms with van der Waals surface area (Å²) in [6.07, 6.45) is 3.67. The number of nitrogens with zero attached hydrogens (tertiary/aromatic N) is 2. The molecule has 0 spiro atoms. The third kappa shape index (κ3) is 1.85. The van der Waals surface area contributed by atoms with E-state index in [-0.39, 0.29) is 0 Å². The third-order valence-electron chi connectivity index (χ3n) is 3.05. The second-order valence-electron chi connectivity index (χ2n) is 4.07. The van der Waals surface area contributed by atoms with Crippen LogP contribution < -0.4 is 4.90 Å². The van der Waals surface area contributed by atoms with E-state index >= 15 is 0 Å². The van der Waals surface area contributed by atoms with Crippen molar-refractivity contribution >= 4 is 23.4 Å². The molecule has 0 fully saturated rings. The second kappa shape index (κ2) is 4.30. The van der Waals surface area contributed by atoms with Gasteiger partial charge < -0.3 is 4.90 Å². The first kappa shape index (κ1) is 10.5. The Labute approximate surface area is 104 Å². The quantitative estimate of drug-likeness (QED) is 0.761. The molecule has 3 heterocycles. The molecule has 1 aliphatic rings. The van der Waals surface area contributed by atoms with Crippen molar-refractivity contribution in [1.29, 1.82) is 0 Å². The Bertz CT molecular complexity index is 550. The van der Waals surface area contributed by atoms with Gasteiger partial charge in [0.25, 0.3) is 0 Å². The Hall–Kier alpha value is -1.68. The van der Waals surface area contributed by atoms with Crippen LogP contribution in [0.4, 0.5) is 5.82 Å². The number of carbonyl (C=O) groups is 1. The minimum atomic E-state index is 0.672. The summed E-state index contributed by atoms with van der Waals surface area (Å²) in [5.74, 6) is 0.805. The van der Waals surface area contributed by atoms with Crippen LogP contribution >= 0.6 is 11.3 Å². The van der Waals surface area contributed by atoms with Crippen molar-refractivity contribution in [2.75, 3.05) is 11.4 Å². The van der Waals surface area contributed by atoms with Gasteiger partial charge in [0.2, 0.25) is 0 Å². The largest absolute Gasteiger partial charge is 0.351 e. The number of fused-ring (bicyclic) bond motifs is 1. The molecule has 0 saturated heterocycles. The highest BCUT2D eigenvalue weighted by Crippen LogP contribution is 2.27. The van der Waals surface area contributed by atoms with Crippen molar-refractivity contribution in [2.45, 2.75) is 13.0 Å². The molecule has 0 bridgehead atoms. The van der Waals surface area contributed by atoms with Crippen LogP contribution in [0.5, 0.6) is 0 Å². The lowest BCUT2D eigenvalue weighted by atomic mass is 10.1. The van der Waals surface area contributed by atoms with Gasteiger partial charge in [-0.2, -0.15) is 0 Å². The van der Waals surface area contributed by atoms with Gasteiger partial charge >= 0.3 is 0 Å². The van der Waals surface area contributed by atoms with Crippen LogP contribution in [-0.4, -0.2) is 17.8 Å². The van der Waals surface area contributed by atoms with Gasteiger partial charge in [0, 0.05) is 24.2 Å². The average molecular weight is 244 g/mol. The first-order chi connectivity index (χ1) is 8.38. The highest BCUT2D eigenvalue weighted by atomic mass is 32.1. The fraction of sp³-hybridized carbons (Fsp3) is 0.231. The monoisotopic (exact) mass is 244 g/mol. The number of hydrogen-bond donors (Lipinski definition) is 0. The molecule has 0 N–H and O–H groups in total. The number of pyridine rings is 1. The molecule has 0 aliphatic carbocycles. The van der Waals surface area contributed by atoms with E-state index in [1.165, 1.54) is 10.4 Å². The van der Waals surface area contributed by atoms with Gasteiger partial charge in [-0.3, -0.25) is 4.79 Å². The molecule has 0 unspecified atom stereocenters. The van der Waals surface area contributed by atoms with E-state index in [1.54, 1.807) is 12.3 Å². The van der Waals surface area contributed by atoms with Crippen LogP contribution in [0.15, 0.2) is 29.8 Å². The molecule has 3 nitrogen and oxygen atoms in total. The van der Waals surface area contributed by atoms with E-state index in [4.69, 9.17) is 0 Å². The van der Waals surface area contributed by atoms with Gasteiger partial charge in [-0.1, -0.05) is 0 Å². The molecule has 0 atom stereocenters. The minimum Gasteiger partial charge on any atom is -0.351 e. The van der Waals surface area contributed by atoms with Gasteiger partial charge in [0.15, 0.2) is 6.29 Å². The smallest absolute Gasteiger partial charge is 0.153 e. The third-order valence-corrected chi connectivity index (χ3v) is 4.07. The summed E-state index contributed by atoms with van der Waals surface area (Å²) in [7, 11) is 0. The lowest BCUT2D eigenvalue weighted by molar-refractivity contribution is 0.112. The summed E-state index contributed by atoms with van der Waals surface area (Å²) in [6.45, 7) is 1.79. The maximum absolute atomic E-state index is 11.0. The van der Waals surface area contributed by atoms with E-state index in [9.17, 15) is 4.79 Å². The summed E-state index contributed by atoms with van der Waals surface area (Å²) >= 11 is 1.82. The van der Waals surface area contributed by atoms with Crippen molar-refractivity contribution in [3.05, 3.63) is 45.8 Å². The normalized spacial score (nSPS) is 14.5. The Kier molecular flexibility index (Phi) is 2.65. The SMILES string of the molecule is O=Cc1cccnc1N1CCc2sccc2C1. The number of aromatic nitrogens is 1.